The Kier molecular flexibility index (Phi) is 4.41. The molecule has 132 valence electrons. The molecule has 3 aromatic rings. The fourth-order valence-electron chi connectivity index (χ4n) is 4.53. The Labute approximate surface area is 148 Å². The number of aromatic nitrogens is 1. The number of pyridine rings is 1. The minimum atomic E-state index is 0.0137. The van der Waals surface area contributed by atoms with E-state index in [1.54, 1.807) is 0 Å². The van der Waals surface area contributed by atoms with Gasteiger partial charge in [-0.25, -0.2) is 0 Å². The van der Waals surface area contributed by atoms with Crippen molar-refractivity contribution >= 4 is 16.3 Å². The van der Waals surface area contributed by atoms with Crippen LogP contribution in [-0.2, 0) is 19.3 Å². The molecule has 0 radical (unpaired) electrons. The van der Waals surface area contributed by atoms with Gasteiger partial charge in [0.05, 0.1) is 11.1 Å². The van der Waals surface area contributed by atoms with E-state index >= 15 is 0 Å². The Morgan fingerprint density at radius 3 is 2.64 bits per heavy atom. The SMILES string of the molecule is CCCCCCCc1c(O)c2cccc3c4c(n(c1=O)c23)CCCC4. The summed E-state index contributed by atoms with van der Waals surface area (Å²) in [7, 11) is 0. The van der Waals surface area contributed by atoms with Crippen LogP contribution in [0.25, 0.3) is 16.3 Å². The van der Waals surface area contributed by atoms with E-state index in [-0.39, 0.29) is 11.3 Å². The van der Waals surface area contributed by atoms with Gasteiger partial charge in [-0.3, -0.25) is 9.20 Å². The van der Waals surface area contributed by atoms with Gasteiger partial charge in [0.15, 0.2) is 0 Å². The molecule has 0 spiro atoms. The number of hydrogen-bond acceptors (Lipinski definition) is 2. The smallest absolute Gasteiger partial charge is 0.262 e. The molecule has 1 aromatic carbocycles. The van der Waals surface area contributed by atoms with Crippen LogP contribution in [-0.4, -0.2) is 9.51 Å². The van der Waals surface area contributed by atoms with E-state index in [2.05, 4.69) is 13.0 Å². The number of aryl methyl sites for hydroxylation is 2. The largest absolute Gasteiger partial charge is 0.507 e. The first kappa shape index (κ1) is 16.4. The highest BCUT2D eigenvalue weighted by molar-refractivity contribution is 6.02. The molecule has 1 N–H and O–H groups in total. The van der Waals surface area contributed by atoms with Crippen LogP contribution in [0.4, 0.5) is 0 Å². The number of nitrogens with zero attached hydrogens (tertiary/aromatic N) is 1. The van der Waals surface area contributed by atoms with E-state index in [4.69, 9.17) is 0 Å². The standard InChI is InChI=1S/C22H27NO2/c1-2-3-4-5-6-11-18-21(24)17-13-9-12-16-15-10-7-8-14-19(15)23(20(16)17)22(18)25/h9,12-13,24H,2-8,10-11,14H2,1H3. The predicted octanol–water partition coefficient (Wildman–Crippen LogP) is 4.99. The van der Waals surface area contributed by atoms with E-state index in [0.717, 1.165) is 48.4 Å². The lowest BCUT2D eigenvalue weighted by Gasteiger charge is -2.13. The second-order valence-electron chi connectivity index (χ2n) is 7.47. The van der Waals surface area contributed by atoms with Crippen LogP contribution >= 0.6 is 0 Å². The van der Waals surface area contributed by atoms with Crippen LogP contribution in [0.1, 0.15) is 68.7 Å². The molecule has 3 heteroatoms. The highest BCUT2D eigenvalue weighted by Crippen LogP contribution is 2.37. The minimum Gasteiger partial charge on any atom is -0.507 e. The Morgan fingerprint density at radius 1 is 1.04 bits per heavy atom. The van der Waals surface area contributed by atoms with Crippen LogP contribution in [0, 0.1) is 0 Å². The van der Waals surface area contributed by atoms with Gasteiger partial charge >= 0.3 is 0 Å². The first-order chi connectivity index (χ1) is 12.2. The molecule has 2 heterocycles. The molecule has 25 heavy (non-hydrogen) atoms. The van der Waals surface area contributed by atoms with Crippen molar-refractivity contribution in [1.82, 2.24) is 4.40 Å². The third-order valence-corrected chi connectivity index (χ3v) is 5.83. The highest BCUT2D eigenvalue weighted by Gasteiger charge is 2.24. The molecule has 0 unspecified atom stereocenters. The fraction of sp³-hybridized carbons (Fsp3) is 0.500. The summed E-state index contributed by atoms with van der Waals surface area (Å²) in [5.41, 5.74) is 4.08. The maximum Gasteiger partial charge on any atom is 0.262 e. The molecule has 0 saturated carbocycles. The number of unbranched alkanes of at least 4 members (excludes halogenated alkanes) is 4. The lowest BCUT2D eigenvalue weighted by atomic mass is 9.95. The zero-order valence-electron chi connectivity index (χ0n) is 15.1. The summed E-state index contributed by atoms with van der Waals surface area (Å²) < 4.78 is 1.93. The van der Waals surface area contributed by atoms with Crippen LogP contribution in [0.5, 0.6) is 5.75 Å². The molecule has 1 aliphatic rings. The molecule has 0 aliphatic heterocycles. The summed E-state index contributed by atoms with van der Waals surface area (Å²) in [4.78, 5) is 13.2. The van der Waals surface area contributed by atoms with Crippen LogP contribution in [0.15, 0.2) is 23.0 Å². The van der Waals surface area contributed by atoms with Crippen molar-refractivity contribution in [1.29, 1.82) is 0 Å². The van der Waals surface area contributed by atoms with Crippen molar-refractivity contribution in [3.63, 3.8) is 0 Å². The van der Waals surface area contributed by atoms with Gasteiger partial charge in [0.2, 0.25) is 0 Å². The number of fused-ring (bicyclic) bond motifs is 3. The molecule has 0 saturated heterocycles. The third kappa shape index (κ3) is 2.61. The predicted molar refractivity (Wildman–Crippen MR) is 103 cm³/mol. The number of rotatable bonds is 6. The number of para-hydroxylation sites is 1. The molecule has 2 aromatic heterocycles. The number of hydrogen-bond donors (Lipinski definition) is 1. The zero-order valence-corrected chi connectivity index (χ0v) is 15.1. The van der Waals surface area contributed by atoms with Crippen molar-refractivity contribution in [3.05, 3.63) is 45.4 Å². The van der Waals surface area contributed by atoms with Crippen molar-refractivity contribution in [2.75, 3.05) is 0 Å². The average Bonchev–Trinajstić information content (AvgIpc) is 2.98. The van der Waals surface area contributed by atoms with Gasteiger partial charge in [0.25, 0.3) is 5.56 Å². The average molecular weight is 337 g/mol. The lowest BCUT2D eigenvalue weighted by molar-refractivity contribution is 0.470. The number of aromatic hydroxyl groups is 1. The van der Waals surface area contributed by atoms with Gasteiger partial charge in [-0.15, -0.1) is 0 Å². The second kappa shape index (κ2) is 6.70. The van der Waals surface area contributed by atoms with Gasteiger partial charge in [-0.05, 0) is 50.2 Å². The first-order valence-electron chi connectivity index (χ1n) is 9.86. The van der Waals surface area contributed by atoms with Gasteiger partial charge < -0.3 is 5.11 Å². The molecular weight excluding hydrogens is 310 g/mol. The third-order valence-electron chi connectivity index (χ3n) is 5.83. The van der Waals surface area contributed by atoms with E-state index < -0.39 is 0 Å². The number of benzene rings is 1. The topological polar surface area (TPSA) is 41.7 Å². The zero-order chi connectivity index (χ0) is 17.4. The first-order valence-corrected chi connectivity index (χ1v) is 9.86. The van der Waals surface area contributed by atoms with E-state index in [9.17, 15) is 9.90 Å². The Balaban J connectivity index is 1.84. The Bertz CT molecular complexity index is 954. The van der Waals surface area contributed by atoms with E-state index in [1.165, 1.54) is 36.9 Å². The summed E-state index contributed by atoms with van der Waals surface area (Å²) >= 11 is 0. The fourth-order valence-corrected chi connectivity index (χ4v) is 4.53. The maximum atomic E-state index is 13.2. The molecule has 0 bridgehead atoms. The van der Waals surface area contributed by atoms with E-state index in [0.29, 0.717) is 12.0 Å². The van der Waals surface area contributed by atoms with Gasteiger partial charge in [0.1, 0.15) is 5.75 Å². The van der Waals surface area contributed by atoms with Gasteiger partial charge in [-0.2, -0.15) is 0 Å². The Morgan fingerprint density at radius 2 is 1.80 bits per heavy atom. The monoisotopic (exact) mass is 337 g/mol. The molecule has 0 fully saturated rings. The minimum absolute atomic E-state index is 0.0137. The molecule has 1 aliphatic carbocycles. The molecule has 0 amide bonds. The second-order valence-corrected chi connectivity index (χ2v) is 7.47. The van der Waals surface area contributed by atoms with Crippen molar-refractivity contribution in [2.24, 2.45) is 0 Å². The van der Waals surface area contributed by atoms with Gasteiger partial charge in [-0.1, -0.05) is 44.7 Å². The van der Waals surface area contributed by atoms with Crippen molar-refractivity contribution in [3.8, 4) is 5.75 Å². The van der Waals surface area contributed by atoms with Crippen LogP contribution in [0.2, 0.25) is 0 Å². The summed E-state index contributed by atoms with van der Waals surface area (Å²) in [6, 6.07) is 6.08. The van der Waals surface area contributed by atoms with Gasteiger partial charge in [0, 0.05) is 16.5 Å². The summed E-state index contributed by atoms with van der Waals surface area (Å²) in [5.74, 6) is 0.216. The quantitative estimate of drug-likeness (QED) is 0.644. The molecule has 0 atom stereocenters. The van der Waals surface area contributed by atoms with Crippen molar-refractivity contribution in [2.45, 2.75) is 71.1 Å². The highest BCUT2D eigenvalue weighted by atomic mass is 16.3. The normalized spacial score (nSPS) is 14.4. The molecular formula is C22H27NO2. The molecule has 3 nitrogen and oxygen atoms in total. The maximum absolute atomic E-state index is 13.2. The Hall–Kier alpha value is -2.03. The summed E-state index contributed by atoms with van der Waals surface area (Å²) in [6.07, 6.45) is 10.8. The summed E-state index contributed by atoms with van der Waals surface area (Å²) in [5, 5.41) is 12.8. The van der Waals surface area contributed by atoms with E-state index in [1.807, 2.05) is 16.5 Å². The van der Waals surface area contributed by atoms with Crippen LogP contribution in [0.3, 0.4) is 0 Å². The molecule has 4 rings (SSSR count). The van der Waals surface area contributed by atoms with Crippen LogP contribution < -0.4 is 5.56 Å². The van der Waals surface area contributed by atoms with Crippen molar-refractivity contribution < 1.29 is 5.11 Å². The lowest BCUT2D eigenvalue weighted by Crippen LogP contribution is -2.21. The summed E-state index contributed by atoms with van der Waals surface area (Å²) in [6.45, 7) is 2.20.